The second-order valence-electron chi connectivity index (χ2n) is 7.54. The van der Waals surface area contributed by atoms with Crippen LogP contribution in [-0.2, 0) is 19.3 Å². The second-order valence-corrected chi connectivity index (χ2v) is 7.54. The lowest BCUT2D eigenvalue weighted by Gasteiger charge is -2.21. The molecule has 1 aliphatic heterocycles. The van der Waals surface area contributed by atoms with Gasteiger partial charge in [0.15, 0.2) is 11.6 Å². The molecule has 0 aliphatic carbocycles. The minimum Gasteiger partial charge on any atom is -0.487 e. The summed E-state index contributed by atoms with van der Waals surface area (Å²) in [6, 6.07) is 2.87. The predicted molar refractivity (Wildman–Crippen MR) is 105 cm³/mol. The van der Waals surface area contributed by atoms with E-state index in [2.05, 4.69) is 12.0 Å². The molecule has 0 fully saturated rings. The van der Waals surface area contributed by atoms with Crippen molar-refractivity contribution in [2.45, 2.75) is 71.3 Å². The summed E-state index contributed by atoms with van der Waals surface area (Å²) in [5.41, 5.74) is -1.69. The number of aromatic amines is 1. The molecule has 5 nitrogen and oxygen atoms in total. The molecule has 0 spiro atoms. The van der Waals surface area contributed by atoms with E-state index in [0.29, 0.717) is 11.1 Å². The van der Waals surface area contributed by atoms with Gasteiger partial charge in [-0.15, -0.1) is 0 Å². The van der Waals surface area contributed by atoms with Crippen LogP contribution in [0.3, 0.4) is 0 Å². The van der Waals surface area contributed by atoms with E-state index in [0.717, 1.165) is 38.3 Å². The number of rotatable bonds is 8. The molecule has 1 N–H and O–H groups in total. The molecule has 2 aromatic rings. The number of nitrogens with zero attached hydrogens (tertiary/aromatic N) is 2. The highest BCUT2D eigenvalue weighted by Crippen LogP contribution is 2.38. The molecular weight excluding hydrogens is 402 g/mol. The fraction of sp³-hybridized carbons (Fsp3) is 0.524. The van der Waals surface area contributed by atoms with Gasteiger partial charge < -0.3 is 9.64 Å². The van der Waals surface area contributed by atoms with Crippen molar-refractivity contribution in [3.8, 4) is 5.75 Å². The van der Waals surface area contributed by atoms with E-state index in [-0.39, 0.29) is 30.6 Å². The van der Waals surface area contributed by atoms with Crippen LogP contribution in [0.2, 0.25) is 0 Å². The minimum atomic E-state index is -4.83. The Balaban J connectivity index is 1.86. The molecule has 164 valence electrons. The average Bonchev–Trinajstić information content (AvgIpc) is 3.08. The fourth-order valence-corrected chi connectivity index (χ4v) is 3.76. The Labute approximate surface area is 172 Å². The van der Waals surface area contributed by atoms with Crippen LogP contribution in [0.15, 0.2) is 23.1 Å². The molecule has 0 radical (unpaired) electrons. The molecule has 1 aliphatic rings. The van der Waals surface area contributed by atoms with Gasteiger partial charge in [-0.3, -0.25) is 4.79 Å². The first kappa shape index (κ1) is 22.1. The molecule has 9 heteroatoms. The highest BCUT2D eigenvalue weighted by atomic mass is 19.4. The molecule has 3 rings (SSSR count). The van der Waals surface area contributed by atoms with Crippen molar-refractivity contribution in [2.75, 3.05) is 4.90 Å². The van der Waals surface area contributed by atoms with Crippen LogP contribution in [0, 0.1) is 5.82 Å². The maximum absolute atomic E-state index is 14.6. The summed E-state index contributed by atoms with van der Waals surface area (Å²) < 4.78 is 60.7. The summed E-state index contributed by atoms with van der Waals surface area (Å²) in [5, 5.41) is 5.34. The van der Waals surface area contributed by atoms with E-state index in [4.69, 9.17) is 4.74 Å². The van der Waals surface area contributed by atoms with Crippen molar-refractivity contribution in [3.63, 3.8) is 0 Å². The Morgan fingerprint density at radius 2 is 1.87 bits per heavy atom. The first-order valence-corrected chi connectivity index (χ1v) is 10.1. The van der Waals surface area contributed by atoms with Crippen molar-refractivity contribution < 1.29 is 22.3 Å². The summed E-state index contributed by atoms with van der Waals surface area (Å²) >= 11 is 0. The normalized spacial score (nSPS) is 14.7. The SMILES string of the molecule is CCCCC(CCC)Oc1cc2c(cc1F)CN(c1cn[nH]c(=O)c1C(F)(F)F)C2. The molecule has 2 heterocycles. The van der Waals surface area contributed by atoms with Crippen molar-refractivity contribution in [2.24, 2.45) is 0 Å². The van der Waals surface area contributed by atoms with Crippen LogP contribution in [0.4, 0.5) is 23.2 Å². The summed E-state index contributed by atoms with van der Waals surface area (Å²) in [7, 11) is 0. The van der Waals surface area contributed by atoms with Crippen LogP contribution >= 0.6 is 0 Å². The number of alkyl halides is 3. The van der Waals surface area contributed by atoms with Gasteiger partial charge in [-0.1, -0.05) is 33.1 Å². The molecule has 0 amide bonds. The number of fused-ring (bicyclic) bond motifs is 1. The lowest BCUT2D eigenvalue weighted by molar-refractivity contribution is -0.138. The highest BCUT2D eigenvalue weighted by molar-refractivity contribution is 5.57. The third kappa shape index (κ3) is 4.76. The number of nitrogens with one attached hydrogen (secondary N) is 1. The summed E-state index contributed by atoms with van der Waals surface area (Å²) in [6.07, 6.45) is 0.561. The molecule has 1 aromatic carbocycles. The lowest BCUT2D eigenvalue weighted by atomic mass is 10.1. The number of hydrogen-bond donors (Lipinski definition) is 1. The zero-order valence-corrected chi connectivity index (χ0v) is 17.0. The van der Waals surface area contributed by atoms with E-state index in [1.165, 1.54) is 11.0 Å². The van der Waals surface area contributed by atoms with Gasteiger partial charge in [0.05, 0.1) is 18.0 Å². The van der Waals surface area contributed by atoms with Crippen LogP contribution < -0.4 is 15.2 Å². The first-order valence-electron chi connectivity index (χ1n) is 10.1. The van der Waals surface area contributed by atoms with E-state index in [1.54, 1.807) is 6.07 Å². The van der Waals surface area contributed by atoms with E-state index in [1.807, 2.05) is 12.0 Å². The maximum atomic E-state index is 14.6. The summed E-state index contributed by atoms with van der Waals surface area (Å²) in [6.45, 7) is 4.27. The first-order chi connectivity index (χ1) is 14.2. The van der Waals surface area contributed by atoms with Crippen LogP contribution in [0.5, 0.6) is 5.75 Å². The monoisotopic (exact) mass is 427 g/mol. The molecule has 1 unspecified atom stereocenters. The number of benzene rings is 1. The van der Waals surface area contributed by atoms with Crippen molar-refractivity contribution in [1.82, 2.24) is 10.2 Å². The largest absolute Gasteiger partial charge is 0.487 e. The number of anilines is 1. The molecule has 0 bridgehead atoms. The third-order valence-corrected chi connectivity index (χ3v) is 5.22. The van der Waals surface area contributed by atoms with Crippen molar-refractivity contribution >= 4 is 5.69 Å². The number of unbranched alkanes of at least 4 members (excludes halogenated alkanes) is 1. The Morgan fingerprint density at radius 3 is 2.50 bits per heavy atom. The zero-order valence-electron chi connectivity index (χ0n) is 17.0. The van der Waals surface area contributed by atoms with E-state index in [9.17, 15) is 22.4 Å². The lowest BCUT2D eigenvalue weighted by Crippen LogP contribution is -2.28. The number of aromatic nitrogens is 2. The molecular formula is C21H25F4N3O2. The molecule has 0 saturated carbocycles. The molecule has 30 heavy (non-hydrogen) atoms. The van der Waals surface area contributed by atoms with Crippen molar-refractivity contribution in [3.05, 3.63) is 51.2 Å². The number of H-pyrrole nitrogens is 1. The van der Waals surface area contributed by atoms with Crippen LogP contribution in [-0.4, -0.2) is 16.3 Å². The standard InChI is InChI=1S/C21H25F4N3O2/c1-3-5-7-15(6-4-2)30-18-9-14-12-28(11-13(14)8-16(18)22)17-10-26-27-20(29)19(17)21(23,24)25/h8-10,15H,3-7,11-12H2,1-2H3,(H,27,29). The number of hydrogen-bond acceptors (Lipinski definition) is 4. The molecule has 0 saturated heterocycles. The molecule has 1 aromatic heterocycles. The number of halogens is 4. The van der Waals surface area contributed by atoms with Crippen molar-refractivity contribution in [1.29, 1.82) is 0 Å². The van der Waals surface area contributed by atoms with Gasteiger partial charge in [-0.05, 0) is 36.1 Å². The van der Waals surface area contributed by atoms with Gasteiger partial charge in [0.1, 0.15) is 5.56 Å². The average molecular weight is 427 g/mol. The smallest absolute Gasteiger partial charge is 0.423 e. The van der Waals surface area contributed by atoms with Crippen LogP contribution in [0.25, 0.3) is 0 Å². The topological polar surface area (TPSA) is 58.2 Å². The maximum Gasteiger partial charge on any atom is 0.423 e. The van der Waals surface area contributed by atoms with Gasteiger partial charge >= 0.3 is 6.18 Å². The number of ether oxygens (including phenoxy) is 1. The summed E-state index contributed by atoms with van der Waals surface area (Å²) in [5.74, 6) is -0.418. The molecule has 1 atom stereocenters. The van der Waals surface area contributed by atoms with Gasteiger partial charge in [-0.25, -0.2) is 9.49 Å². The Hall–Kier alpha value is -2.58. The highest BCUT2D eigenvalue weighted by Gasteiger charge is 2.39. The second kappa shape index (κ2) is 9.06. The Morgan fingerprint density at radius 1 is 1.17 bits per heavy atom. The minimum absolute atomic E-state index is 0.0506. The van der Waals surface area contributed by atoms with Gasteiger partial charge in [0.25, 0.3) is 5.56 Å². The third-order valence-electron chi connectivity index (χ3n) is 5.22. The Kier molecular flexibility index (Phi) is 6.67. The van der Waals surface area contributed by atoms with Gasteiger partial charge in [0, 0.05) is 13.1 Å². The van der Waals surface area contributed by atoms with Gasteiger partial charge in [0.2, 0.25) is 0 Å². The Bertz CT molecular complexity index is 943. The summed E-state index contributed by atoms with van der Waals surface area (Å²) in [4.78, 5) is 13.1. The van der Waals surface area contributed by atoms with Gasteiger partial charge in [-0.2, -0.15) is 18.3 Å². The van der Waals surface area contributed by atoms with E-state index < -0.39 is 23.1 Å². The van der Waals surface area contributed by atoms with Crippen LogP contribution in [0.1, 0.15) is 62.6 Å². The fourth-order valence-electron chi connectivity index (χ4n) is 3.76. The zero-order chi connectivity index (χ0) is 21.9. The predicted octanol–water partition coefficient (Wildman–Crippen LogP) is 5.19. The van der Waals surface area contributed by atoms with E-state index >= 15 is 0 Å². The quantitative estimate of drug-likeness (QED) is 0.590.